The summed E-state index contributed by atoms with van der Waals surface area (Å²) in [5.41, 5.74) is 9.13. The zero-order valence-electron chi connectivity index (χ0n) is 21.1. The highest BCUT2D eigenvalue weighted by atomic mass is 32.2. The molecule has 5 rings (SSSR count). The second-order valence-corrected chi connectivity index (χ2v) is 11.2. The molecule has 1 aliphatic rings. The molecule has 3 N–H and O–H groups in total. The third-order valence-electron chi connectivity index (χ3n) is 6.88. The standard InChI is InChI=1S/C27H29N5O5S/c1-38(34,35)37-25-15-23-22(13-20(25)16-28)18(17-30-23)4-2-3-7-31-8-10-32(11-9-31)21-5-6-24-19(12-21)14-26(36-24)27(29)33/h5-6,12-15,17,30H,2-4,7-11H2,1H3,(H2,29,33). The molecule has 38 heavy (non-hydrogen) atoms. The van der Waals surface area contributed by atoms with Crippen LogP contribution >= 0.6 is 0 Å². The lowest BCUT2D eigenvalue weighted by Gasteiger charge is -2.36. The summed E-state index contributed by atoms with van der Waals surface area (Å²) in [4.78, 5) is 19.4. The zero-order chi connectivity index (χ0) is 26.9. The van der Waals surface area contributed by atoms with Gasteiger partial charge < -0.3 is 24.2 Å². The van der Waals surface area contributed by atoms with E-state index in [4.69, 9.17) is 14.3 Å². The number of amides is 1. The molecule has 1 fully saturated rings. The number of hydrogen-bond donors (Lipinski definition) is 2. The van der Waals surface area contributed by atoms with Gasteiger partial charge in [0.1, 0.15) is 11.7 Å². The molecule has 1 saturated heterocycles. The van der Waals surface area contributed by atoms with Crippen molar-refractivity contribution in [2.45, 2.75) is 19.3 Å². The van der Waals surface area contributed by atoms with E-state index in [2.05, 4.69) is 14.8 Å². The molecule has 0 aliphatic carbocycles. The molecule has 3 heterocycles. The van der Waals surface area contributed by atoms with Gasteiger partial charge in [-0.3, -0.25) is 9.69 Å². The number of aromatic nitrogens is 1. The maximum Gasteiger partial charge on any atom is 0.306 e. The number of aryl methyl sites for hydroxylation is 1. The maximum atomic E-state index is 11.5. The van der Waals surface area contributed by atoms with E-state index in [0.29, 0.717) is 5.58 Å². The lowest BCUT2D eigenvalue weighted by atomic mass is 10.0. The molecular formula is C27H29N5O5S. The average Bonchev–Trinajstić information content (AvgIpc) is 3.49. The Kier molecular flexibility index (Phi) is 7.01. The molecule has 0 atom stereocenters. The normalized spacial score (nSPS) is 14.7. The number of unbranched alkanes of at least 4 members (excludes halogenated alkanes) is 1. The Bertz CT molecular complexity index is 1640. The molecule has 11 heteroatoms. The second kappa shape index (κ2) is 10.4. The van der Waals surface area contributed by atoms with Crippen molar-refractivity contribution in [2.75, 3.05) is 43.9 Å². The van der Waals surface area contributed by atoms with Gasteiger partial charge in [0.2, 0.25) is 0 Å². The number of anilines is 1. The van der Waals surface area contributed by atoms with Crippen molar-refractivity contribution in [1.29, 1.82) is 5.26 Å². The van der Waals surface area contributed by atoms with Crippen molar-refractivity contribution in [1.82, 2.24) is 9.88 Å². The number of nitriles is 1. The number of nitrogens with two attached hydrogens (primary N) is 1. The average molecular weight is 536 g/mol. The predicted octanol–water partition coefficient (Wildman–Crippen LogP) is 3.37. The third kappa shape index (κ3) is 5.61. The lowest BCUT2D eigenvalue weighted by molar-refractivity contribution is 0.0976. The van der Waals surface area contributed by atoms with Crippen LogP contribution in [0.15, 0.2) is 47.0 Å². The van der Waals surface area contributed by atoms with Gasteiger partial charge in [-0.05, 0) is 61.7 Å². The van der Waals surface area contributed by atoms with E-state index in [-0.39, 0.29) is 17.1 Å². The second-order valence-electron chi connectivity index (χ2n) is 9.59. The minimum atomic E-state index is -3.72. The van der Waals surface area contributed by atoms with Crippen LogP contribution in [0.4, 0.5) is 5.69 Å². The Morgan fingerprint density at radius 2 is 1.95 bits per heavy atom. The number of hydrogen-bond acceptors (Lipinski definition) is 8. The van der Waals surface area contributed by atoms with Gasteiger partial charge in [-0.15, -0.1) is 0 Å². The minimum absolute atomic E-state index is 0.0372. The van der Waals surface area contributed by atoms with Gasteiger partial charge in [-0.25, -0.2) is 0 Å². The first-order valence-electron chi connectivity index (χ1n) is 12.4. The molecule has 0 spiro atoms. The molecule has 0 bridgehead atoms. The Balaban J connectivity index is 1.12. The van der Waals surface area contributed by atoms with Crippen molar-refractivity contribution in [2.24, 2.45) is 5.73 Å². The third-order valence-corrected chi connectivity index (χ3v) is 7.36. The Morgan fingerprint density at radius 3 is 2.66 bits per heavy atom. The van der Waals surface area contributed by atoms with Gasteiger partial charge in [0, 0.05) is 60.4 Å². The van der Waals surface area contributed by atoms with Gasteiger partial charge >= 0.3 is 10.1 Å². The molecule has 2 aromatic carbocycles. The molecule has 10 nitrogen and oxygen atoms in total. The number of nitrogens with one attached hydrogen (secondary N) is 1. The molecule has 0 saturated carbocycles. The fourth-order valence-corrected chi connectivity index (χ4v) is 5.43. The predicted molar refractivity (Wildman–Crippen MR) is 145 cm³/mol. The zero-order valence-corrected chi connectivity index (χ0v) is 21.9. The Morgan fingerprint density at radius 1 is 1.16 bits per heavy atom. The summed E-state index contributed by atoms with van der Waals surface area (Å²) < 4.78 is 33.5. The number of piperazine rings is 1. The van der Waals surface area contributed by atoms with Crippen LogP contribution < -0.4 is 14.8 Å². The van der Waals surface area contributed by atoms with Gasteiger partial charge in [0.15, 0.2) is 11.5 Å². The van der Waals surface area contributed by atoms with E-state index in [1.807, 2.05) is 30.5 Å². The molecular weight excluding hydrogens is 506 g/mol. The van der Waals surface area contributed by atoms with E-state index in [0.717, 1.165) is 85.8 Å². The van der Waals surface area contributed by atoms with E-state index in [1.165, 1.54) is 0 Å². The molecule has 4 aromatic rings. The van der Waals surface area contributed by atoms with Crippen LogP contribution in [0.1, 0.15) is 34.5 Å². The van der Waals surface area contributed by atoms with Gasteiger partial charge in [-0.1, -0.05) is 0 Å². The highest BCUT2D eigenvalue weighted by Gasteiger charge is 2.19. The maximum absolute atomic E-state index is 11.5. The monoisotopic (exact) mass is 535 g/mol. The van der Waals surface area contributed by atoms with Crippen LogP contribution in [-0.4, -0.2) is 63.2 Å². The van der Waals surface area contributed by atoms with Crippen molar-refractivity contribution in [3.05, 3.63) is 59.5 Å². The number of nitrogens with zero attached hydrogens (tertiary/aromatic N) is 3. The number of aromatic amines is 1. The molecule has 0 unspecified atom stereocenters. The number of carbonyl (C=O) groups is 1. The minimum Gasteiger partial charge on any atom is -0.451 e. The van der Waals surface area contributed by atoms with E-state index in [1.54, 1.807) is 18.2 Å². The molecule has 1 aliphatic heterocycles. The van der Waals surface area contributed by atoms with E-state index in [9.17, 15) is 18.5 Å². The summed E-state index contributed by atoms with van der Waals surface area (Å²) >= 11 is 0. The van der Waals surface area contributed by atoms with Gasteiger partial charge in [-0.2, -0.15) is 13.7 Å². The van der Waals surface area contributed by atoms with Crippen molar-refractivity contribution >= 4 is 43.6 Å². The smallest absolute Gasteiger partial charge is 0.306 e. The van der Waals surface area contributed by atoms with Crippen molar-refractivity contribution in [3.8, 4) is 11.8 Å². The van der Waals surface area contributed by atoms with Crippen LogP contribution in [0.5, 0.6) is 5.75 Å². The summed E-state index contributed by atoms with van der Waals surface area (Å²) in [5.74, 6) is -0.359. The van der Waals surface area contributed by atoms with Gasteiger partial charge in [0.05, 0.1) is 11.8 Å². The summed E-state index contributed by atoms with van der Waals surface area (Å²) in [6, 6.07) is 12.9. The van der Waals surface area contributed by atoms with Crippen molar-refractivity contribution < 1.29 is 21.8 Å². The number of primary amides is 1. The van der Waals surface area contributed by atoms with Crippen LogP contribution in [0.2, 0.25) is 0 Å². The molecule has 198 valence electrons. The lowest BCUT2D eigenvalue weighted by Crippen LogP contribution is -2.46. The number of fused-ring (bicyclic) bond motifs is 2. The highest BCUT2D eigenvalue weighted by Crippen LogP contribution is 2.29. The number of carbonyl (C=O) groups excluding carboxylic acids is 1. The van der Waals surface area contributed by atoms with Crippen LogP contribution in [-0.2, 0) is 16.5 Å². The molecule has 1 amide bonds. The van der Waals surface area contributed by atoms with Crippen LogP contribution in [0.25, 0.3) is 21.9 Å². The van der Waals surface area contributed by atoms with E-state index < -0.39 is 16.0 Å². The first kappa shape index (κ1) is 25.6. The summed E-state index contributed by atoms with van der Waals surface area (Å²) in [5, 5.41) is 11.2. The fourth-order valence-electron chi connectivity index (χ4n) is 4.96. The van der Waals surface area contributed by atoms with Crippen molar-refractivity contribution in [3.63, 3.8) is 0 Å². The van der Waals surface area contributed by atoms with Crippen LogP contribution in [0.3, 0.4) is 0 Å². The summed E-state index contributed by atoms with van der Waals surface area (Å²) in [6.45, 7) is 4.79. The largest absolute Gasteiger partial charge is 0.451 e. The number of rotatable bonds is 9. The van der Waals surface area contributed by atoms with Crippen LogP contribution in [0, 0.1) is 11.3 Å². The first-order chi connectivity index (χ1) is 18.2. The first-order valence-corrected chi connectivity index (χ1v) is 14.3. The number of H-pyrrole nitrogens is 1. The quantitative estimate of drug-likeness (QED) is 0.245. The summed E-state index contributed by atoms with van der Waals surface area (Å²) in [7, 11) is -3.72. The highest BCUT2D eigenvalue weighted by molar-refractivity contribution is 7.86. The molecule has 2 aromatic heterocycles. The SMILES string of the molecule is CS(=O)(=O)Oc1cc2[nH]cc(CCCCN3CCN(c4ccc5oc(C(N)=O)cc5c4)CC3)c2cc1C#N. The summed E-state index contributed by atoms with van der Waals surface area (Å²) in [6.07, 6.45) is 5.77. The topological polar surface area (TPSA) is 146 Å². The number of benzene rings is 2. The van der Waals surface area contributed by atoms with Gasteiger partial charge in [0.25, 0.3) is 5.91 Å². The fraction of sp³-hybridized carbons (Fsp3) is 0.333. The number of furan rings is 1. The Labute approximate surface area is 220 Å². The molecule has 0 radical (unpaired) electrons. The Hall–Kier alpha value is -4.01. The van der Waals surface area contributed by atoms with E-state index >= 15 is 0 Å².